The molecule has 0 aliphatic heterocycles. The summed E-state index contributed by atoms with van der Waals surface area (Å²) in [5.41, 5.74) is -0.459. The van der Waals surface area contributed by atoms with Gasteiger partial charge in [0.25, 0.3) is 0 Å². The van der Waals surface area contributed by atoms with Crippen molar-refractivity contribution in [1.82, 2.24) is 5.32 Å². The van der Waals surface area contributed by atoms with Crippen LogP contribution in [0.3, 0.4) is 0 Å². The molecule has 0 unspecified atom stereocenters. The minimum absolute atomic E-state index is 0.411. The van der Waals surface area contributed by atoms with Gasteiger partial charge in [-0.3, -0.25) is 0 Å². The molecule has 0 heterocycles. The molecule has 0 aromatic rings. The van der Waals surface area contributed by atoms with E-state index in [1.165, 1.54) is 0 Å². The van der Waals surface area contributed by atoms with Gasteiger partial charge in [-0.2, -0.15) is 0 Å². The number of alkyl carbamates (subject to hydrolysis) is 1. The second-order valence-electron chi connectivity index (χ2n) is 3.98. The average molecular weight is 231 g/mol. The maximum atomic E-state index is 11.1. The van der Waals surface area contributed by atoms with Crippen LogP contribution >= 0.6 is 0 Å². The Balaban J connectivity index is 0. The minimum Gasteiger partial charge on any atom is -0.497 e. The van der Waals surface area contributed by atoms with E-state index < -0.39 is 11.7 Å². The van der Waals surface area contributed by atoms with Gasteiger partial charge in [-0.05, 0) is 27.7 Å². The van der Waals surface area contributed by atoms with E-state index in [9.17, 15) is 4.79 Å². The molecule has 0 fully saturated rings. The van der Waals surface area contributed by atoms with Gasteiger partial charge in [0.2, 0.25) is 0 Å². The van der Waals surface area contributed by atoms with E-state index in [0.29, 0.717) is 18.9 Å². The highest BCUT2D eigenvalue weighted by molar-refractivity contribution is 5.67. The predicted octanol–water partition coefficient (Wildman–Crippen LogP) is 3.09. The fourth-order valence-electron chi connectivity index (χ4n) is 0.693. The first-order valence-electron chi connectivity index (χ1n) is 5.56. The maximum absolute atomic E-state index is 11.1. The number of ether oxygens (including phenoxy) is 2. The molecule has 0 spiro atoms. The van der Waals surface area contributed by atoms with Crippen molar-refractivity contribution in [3.8, 4) is 0 Å². The first-order valence-corrected chi connectivity index (χ1v) is 5.56. The van der Waals surface area contributed by atoms with Gasteiger partial charge in [0.15, 0.2) is 0 Å². The predicted molar refractivity (Wildman–Crippen MR) is 66.4 cm³/mol. The van der Waals surface area contributed by atoms with Crippen molar-refractivity contribution in [1.29, 1.82) is 0 Å². The number of nitrogens with one attached hydrogen (secondary N) is 1. The fourth-order valence-corrected chi connectivity index (χ4v) is 0.693. The van der Waals surface area contributed by atoms with Crippen LogP contribution in [0.5, 0.6) is 0 Å². The lowest BCUT2D eigenvalue weighted by Gasteiger charge is -2.19. The van der Waals surface area contributed by atoms with Crippen molar-refractivity contribution in [2.75, 3.05) is 13.2 Å². The largest absolute Gasteiger partial charge is 0.497 e. The molecule has 0 aliphatic rings. The highest BCUT2D eigenvalue weighted by Crippen LogP contribution is 2.06. The quantitative estimate of drug-likeness (QED) is 0.597. The van der Waals surface area contributed by atoms with Crippen LogP contribution in [-0.2, 0) is 9.47 Å². The molecule has 1 N–H and O–H groups in total. The third kappa shape index (κ3) is 15.3. The van der Waals surface area contributed by atoms with Crippen LogP contribution in [0.15, 0.2) is 12.3 Å². The SMILES string of the molecule is C=C(C)OCCNC(=O)OC(C)(C)C.CC. The number of hydrogen-bond donors (Lipinski definition) is 1. The molecule has 0 aliphatic carbocycles. The second kappa shape index (κ2) is 9.07. The van der Waals surface area contributed by atoms with E-state index in [2.05, 4.69) is 11.9 Å². The number of allylic oxidation sites excluding steroid dienone is 1. The number of hydrogen-bond acceptors (Lipinski definition) is 3. The molecule has 0 saturated carbocycles. The maximum Gasteiger partial charge on any atom is 0.407 e. The Kier molecular flexibility index (Phi) is 9.75. The number of carbonyl (C=O) groups excluding carboxylic acids is 1. The summed E-state index contributed by atoms with van der Waals surface area (Å²) in [6.07, 6.45) is -0.428. The van der Waals surface area contributed by atoms with Crippen LogP contribution < -0.4 is 5.32 Å². The Morgan fingerprint density at radius 1 is 1.31 bits per heavy atom. The summed E-state index contributed by atoms with van der Waals surface area (Å²) < 4.78 is 10.1. The Hall–Kier alpha value is -1.19. The molecular weight excluding hydrogens is 206 g/mol. The van der Waals surface area contributed by atoms with Crippen molar-refractivity contribution < 1.29 is 14.3 Å². The molecule has 0 aromatic heterocycles. The van der Waals surface area contributed by atoms with E-state index in [0.717, 1.165) is 0 Å². The van der Waals surface area contributed by atoms with Crippen molar-refractivity contribution in [2.24, 2.45) is 0 Å². The van der Waals surface area contributed by atoms with Gasteiger partial charge in [-0.1, -0.05) is 20.4 Å². The van der Waals surface area contributed by atoms with Gasteiger partial charge in [0, 0.05) is 0 Å². The molecule has 0 radical (unpaired) electrons. The highest BCUT2D eigenvalue weighted by atomic mass is 16.6. The lowest BCUT2D eigenvalue weighted by Crippen LogP contribution is -2.34. The van der Waals surface area contributed by atoms with Crippen LogP contribution in [0, 0.1) is 0 Å². The minimum atomic E-state index is -0.459. The molecule has 1 amide bonds. The average Bonchev–Trinajstić information content (AvgIpc) is 2.13. The third-order valence-corrected chi connectivity index (χ3v) is 1.12. The topological polar surface area (TPSA) is 47.6 Å². The lowest BCUT2D eigenvalue weighted by molar-refractivity contribution is 0.0513. The summed E-state index contributed by atoms with van der Waals surface area (Å²) in [7, 11) is 0. The van der Waals surface area contributed by atoms with Crippen molar-refractivity contribution in [2.45, 2.75) is 47.1 Å². The molecule has 0 aromatic carbocycles. The molecule has 0 rings (SSSR count). The molecule has 16 heavy (non-hydrogen) atoms. The Morgan fingerprint density at radius 3 is 2.19 bits per heavy atom. The summed E-state index contributed by atoms with van der Waals surface area (Å²) in [4.78, 5) is 11.1. The summed E-state index contributed by atoms with van der Waals surface area (Å²) in [6, 6.07) is 0. The zero-order valence-corrected chi connectivity index (χ0v) is 11.3. The standard InChI is InChI=1S/C10H19NO3.C2H6/c1-8(2)13-7-6-11-9(12)14-10(3,4)5;1-2/h1,6-7H2,2-5H3,(H,11,12);1-2H3. The first-order chi connectivity index (χ1) is 7.31. The van der Waals surface area contributed by atoms with Crippen LogP contribution in [-0.4, -0.2) is 24.8 Å². The van der Waals surface area contributed by atoms with Crippen molar-refractivity contribution in [3.63, 3.8) is 0 Å². The zero-order chi connectivity index (χ0) is 13.2. The van der Waals surface area contributed by atoms with Crippen molar-refractivity contribution >= 4 is 6.09 Å². The van der Waals surface area contributed by atoms with Gasteiger partial charge < -0.3 is 14.8 Å². The first kappa shape index (κ1) is 17.2. The summed E-state index contributed by atoms with van der Waals surface area (Å²) >= 11 is 0. The third-order valence-electron chi connectivity index (χ3n) is 1.12. The van der Waals surface area contributed by atoms with E-state index in [4.69, 9.17) is 9.47 Å². The van der Waals surface area contributed by atoms with E-state index in [1.54, 1.807) is 6.92 Å². The van der Waals surface area contributed by atoms with Gasteiger partial charge in [0.1, 0.15) is 12.2 Å². The van der Waals surface area contributed by atoms with Crippen LogP contribution in [0.4, 0.5) is 4.79 Å². The molecule has 0 bridgehead atoms. The smallest absolute Gasteiger partial charge is 0.407 e. The molecule has 4 nitrogen and oxygen atoms in total. The highest BCUT2D eigenvalue weighted by Gasteiger charge is 2.15. The van der Waals surface area contributed by atoms with Gasteiger partial charge in [0.05, 0.1) is 12.3 Å². The Bertz CT molecular complexity index is 207. The van der Waals surface area contributed by atoms with E-state index in [1.807, 2.05) is 34.6 Å². The monoisotopic (exact) mass is 231 g/mol. The molecular formula is C12H25NO3. The van der Waals surface area contributed by atoms with Crippen LogP contribution in [0.1, 0.15) is 41.5 Å². The normalized spacial score (nSPS) is 9.62. The summed E-state index contributed by atoms with van der Waals surface area (Å²) in [5.74, 6) is 0.635. The lowest BCUT2D eigenvalue weighted by atomic mass is 10.2. The molecule has 0 saturated heterocycles. The fraction of sp³-hybridized carbons (Fsp3) is 0.750. The number of carbonyl (C=O) groups is 1. The Labute approximate surface area is 99.0 Å². The van der Waals surface area contributed by atoms with Crippen LogP contribution in [0.2, 0.25) is 0 Å². The Morgan fingerprint density at radius 2 is 1.81 bits per heavy atom. The molecule has 96 valence electrons. The van der Waals surface area contributed by atoms with E-state index in [-0.39, 0.29) is 0 Å². The molecule has 0 atom stereocenters. The van der Waals surface area contributed by atoms with Gasteiger partial charge in [-0.15, -0.1) is 0 Å². The van der Waals surface area contributed by atoms with Crippen molar-refractivity contribution in [3.05, 3.63) is 12.3 Å². The zero-order valence-electron chi connectivity index (χ0n) is 11.3. The summed E-state index contributed by atoms with van der Waals surface area (Å²) in [5, 5.41) is 2.57. The molecule has 4 heteroatoms. The van der Waals surface area contributed by atoms with Gasteiger partial charge >= 0.3 is 6.09 Å². The van der Waals surface area contributed by atoms with Crippen LogP contribution in [0.25, 0.3) is 0 Å². The number of amides is 1. The second-order valence-corrected chi connectivity index (χ2v) is 3.98. The van der Waals surface area contributed by atoms with E-state index >= 15 is 0 Å². The number of rotatable bonds is 4. The van der Waals surface area contributed by atoms with Gasteiger partial charge in [-0.25, -0.2) is 4.79 Å². The summed E-state index contributed by atoms with van der Waals surface area (Å²) in [6.45, 7) is 15.6.